The molecule has 0 aliphatic heterocycles. The minimum absolute atomic E-state index is 0.318. The molecule has 7 heteroatoms. The van der Waals surface area contributed by atoms with Crippen molar-refractivity contribution >= 4 is 11.6 Å². The van der Waals surface area contributed by atoms with Crippen LogP contribution in [0.1, 0.15) is 30.7 Å². The van der Waals surface area contributed by atoms with E-state index in [2.05, 4.69) is 22.0 Å². The number of fused-ring (bicyclic) bond motifs is 1. The van der Waals surface area contributed by atoms with Crippen LogP contribution in [-0.2, 0) is 6.42 Å². The highest BCUT2D eigenvalue weighted by molar-refractivity contribution is 5.47. The van der Waals surface area contributed by atoms with Crippen LogP contribution in [0.15, 0.2) is 36.7 Å². The number of anilines is 1. The lowest BCUT2D eigenvalue weighted by molar-refractivity contribution is 0.184. The smallest absolute Gasteiger partial charge is 0.254 e. The van der Waals surface area contributed by atoms with Gasteiger partial charge < -0.3 is 10.0 Å². The number of halogens is 1. The quantitative estimate of drug-likeness (QED) is 0.752. The molecule has 6 nitrogen and oxygen atoms in total. The van der Waals surface area contributed by atoms with Crippen LogP contribution in [0.3, 0.4) is 0 Å². The lowest BCUT2D eigenvalue weighted by Crippen LogP contribution is -2.26. The van der Waals surface area contributed by atoms with Gasteiger partial charge in [-0.1, -0.05) is 25.5 Å². The highest BCUT2D eigenvalue weighted by Crippen LogP contribution is 2.20. The molecule has 0 amide bonds. The van der Waals surface area contributed by atoms with Gasteiger partial charge in [0, 0.05) is 25.4 Å². The zero-order valence-electron chi connectivity index (χ0n) is 13.7. The van der Waals surface area contributed by atoms with E-state index in [0.29, 0.717) is 17.9 Å². The number of rotatable bonds is 6. The predicted octanol–water partition coefficient (Wildman–Crippen LogP) is 2.39. The lowest BCUT2D eigenvalue weighted by Gasteiger charge is -2.23. The molecule has 2 heterocycles. The SMILES string of the molecule is CCCc1cc(N(C)CC(O)c2ccc(F)cc2)n2ncnc2n1. The average molecular weight is 329 g/mol. The topological polar surface area (TPSA) is 66.5 Å². The monoisotopic (exact) mass is 329 g/mol. The number of aliphatic hydroxyl groups excluding tert-OH is 1. The second kappa shape index (κ2) is 6.92. The predicted molar refractivity (Wildman–Crippen MR) is 89.4 cm³/mol. The van der Waals surface area contributed by atoms with Gasteiger partial charge >= 0.3 is 0 Å². The minimum atomic E-state index is -0.739. The Hall–Kier alpha value is -2.54. The van der Waals surface area contributed by atoms with Crippen LogP contribution >= 0.6 is 0 Å². The summed E-state index contributed by atoms with van der Waals surface area (Å²) in [6, 6.07) is 7.84. The number of aromatic nitrogens is 4. The van der Waals surface area contributed by atoms with Crippen molar-refractivity contribution in [3.63, 3.8) is 0 Å². The van der Waals surface area contributed by atoms with Crippen LogP contribution in [0.5, 0.6) is 0 Å². The van der Waals surface area contributed by atoms with E-state index in [1.165, 1.54) is 18.5 Å². The number of nitrogens with zero attached hydrogens (tertiary/aromatic N) is 5. The van der Waals surface area contributed by atoms with Gasteiger partial charge in [-0.05, 0) is 24.1 Å². The molecule has 24 heavy (non-hydrogen) atoms. The normalized spacial score (nSPS) is 12.5. The molecule has 126 valence electrons. The number of hydrogen-bond acceptors (Lipinski definition) is 5. The van der Waals surface area contributed by atoms with Crippen molar-refractivity contribution in [1.82, 2.24) is 19.6 Å². The maximum Gasteiger partial charge on any atom is 0.254 e. The van der Waals surface area contributed by atoms with E-state index in [1.54, 1.807) is 16.6 Å². The van der Waals surface area contributed by atoms with Crippen LogP contribution in [0.4, 0.5) is 10.2 Å². The first-order valence-electron chi connectivity index (χ1n) is 7.92. The molecular weight excluding hydrogens is 309 g/mol. The molecule has 0 aliphatic carbocycles. The molecule has 1 unspecified atom stereocenters. The Morgan fingerprint density at radius 1 is 1.29 bits per heavy atom. The fourth-order valence-corrected chi connectivity index (χ4v) is 2.64. The van der Waals surface area contributed by atoms with Crippen LogP contribution in [0.2, 0.25) is 0 Å². The Bertz CT molecular complexity index is 817. The Morgan fingerprint density at radius 3 is 2.75 bits per heavy atom. The van der Waals surface area contributed by atoms with E-state index in [9.17, 15) is 9.50 Å². The highest BCUT2D eigenvalue weighted by atomic mass is 19.1. The van der Waals surface area contributed by atoms with Crippen molar-refractivity contribution in [2.24, 2.45) is 0 Å². The second-order valence-electron chi connectivity index (χ2n) is 5.78. The third-order valence-corrected chi connectivity index (χ3v) is 3.88. The van der Waals surface area contributed by atoms with Gasteiger partial charge in [0.1, 0.15) is 18.0 Å². The van der Waals surface area contributed by atoms with E-state index < -0.39 is 6.10 Å². The summed E-state index contributed by atoms with van der Waals surface area (Å²) in [6.45, 7) is 2.44. The van der Waals surface area contributed by atoms with Gasteiger partial charge in [0.2, 0.25) is 0 Å². The van der Waals surface area contributed by atoms with Crippen molar-refractivity contribution < 1.29 is 9.50 Å². The van der Waals surface area contributed by atoms with Crippen molar-refractivity contribution in [1.29, 1.82) is 0 Å². The molecule has 2 aromatic heterocycles. The summed E-state index contributed by atoms with van der Waals surface area (Å²) in [4.78, 5) is 10.5. The number of likely N-dealkylation sites (N-methyl/N-ethyl adjacent to an activating group) is 1. The molecule has 0 bridgehead atoms. The summed E-state index contributed by atoms with van der Waals surface area (Å²) in [5, 5.41) is 14.6. The van der Waals surface area contributed by atoms with Gasteiger partial charge in [0.25, 0.3) is 5.78 Å². The fraction of sp³-hybridized carbons (Fsp3) is 0.353. The fourth-order valence-electron chi connectivity index (χ4n) is 2.64. The largest absolute Gasteiger partial charge is 0.387 e. The van der Waals surface area contributed by atoms with Gasteiger partial charge in [-0.15, -0.1) is 0 Å². The van der Waals surface area contributed by atoms with Gasteiger partial charge in [-0.2, -0.15) is 14.6 Å². The molecule has 1 aromatic carbocycles. The maximum absolute atomic E-state index is 13.0. The van der Waals surface area contributed by atoms with Gasteiger partial charge in [0.15, 0.2) is 0 Å². The van der Waals surface area contributed by atoms with Crippen LogP contribution in [0, 0.1) is 5.82 Å². The number of aliphatic hydroxyl groups is 1. The van der Waals surface area contributed by atoms with Crippen molar-refractivity contribution in [2.45, 2.75) is 25.9 Å². The number of benzene rings is 1. The summed E-state index contributed by atoms with van der Waals surface area (Å²) in [5.41, 5.74) is 1.61. The Labute approximate surface area is 139 Å². The molecule has 0 radical (unpaired) electrons. The second-order valence-corrected chi connectivity index (χ2v) is 5.78. The third kappa shape index (κ3) is 3.35. The third-order valence-electron chi connectivity index (χ3n) is 3.88. The Kier molecular flexibility index (Phi) is 4.71. The zero-order valence-corrected chi connectivity index (χ0v) is 13.7. The molecule has 3 rings (SSSR count). The van der Waals surface area contributed by atoms with Crippen LogP contribution in [0.25, 0.3) is 5.78 Å². The van der Waals surface area contributed by atoms with E-state index in [-0.39, 0.29) is 5.82 Å². The van der Waals surface area contributed by atoms with Crippen molar-refractivity contribution in [3.8, 4) is 0 Å². The van der Waals surface area contributed by atoms with Crippen LogP contribution < -0.4 is 4.90 Å². The number of hydrogen-bond donors (Lipinski definition) is 1. The summed E-state index contributed by atoms with van der Waals surface area (Å²) >= 11 is 0. The van der Waals surface area contributed by atoms with Crippen LogP contribution in [-0.4, -0.2) is 38.3 Å². The van der Waals surface area contributed by atoms with E-state index in [1.807, 2.05) is 18.0 Å². The molecule has 0 fully saturated rings. The van der Waals surface area contributed by atoms with Gasteiger partial charge in [-0.25, -0.2) is 9.37 Å². The summed E-state index contributed by atoms with van der Waals surface area (Å²) in [7, 11) is 1.87. The van der Waals surface area contributed by atoms with Crippen molar-refractivity contribution in [2.75, 3.05) is 18.5 Å². The molecular formula is C17H20FN5O. The molecule has 0 spiro atoms. The Morgan fingerprint density at radius 2 is 2.04 bits per heavy atom. The Balaban J connectivity index is 1.86. The van der Waals surface area contributed by atoms with E-state index in [4.69, 9.17) is 0 Å². The zero-order chi connectivity index (χ0) is 17.1. The first kappa shape index (κ1) is 16.3. The first-order valence-corrected chi connectivity index (χ1v) is 7.92. The molecule has 3 aromatic rings. The average Bonchev–Trinajstić information content (AvgIpc) is 3.03. The summed E-state index contributed by atoms with van der Waals surface area (Å²) in [5.74, 6) is 1.03. The minimum Gasteiger partial charge on any atom is -0.387 e. The maximum atomic E-state index is 13.0. The summed E-state index contributed by atoms with van der Waals surface area (Å²) in [6.07, 6.45) is 2.56. The molecule has 0 saturated carbocycles. The van der Waals surface area contributed by atoms with E-state index in [0.717, 1.165) is 24.4 Å². The highest BCUT2D eigenvalue weighted by Gasteiger charge is 2.16. The van der Waals surface area contributed by atoms with Gasteiger partial charge in [-0.3, -0.25) is 0 Å². The molecule has 1 atom stereocenters. The van der Waals surface area contributed by atoms with Gasteiger partial charge in [0.05, 0.1) is 6.10 Å². The molecule has 1 N–H and O–H groups in total. The van der Waals surface area contributed by atoms with E-state index >= 15 is 0 Å². The lowest BCUT2D eigenvalue weighted by atomic mass is 10.1. The number of aryl methyl sites for hydroxylation is 1. The molecule has 0 aliphatic rings. The first-order chi connectivity index (χ1) is 11.6. The summed E-state index contributed by atoms with van der Waals surface area (Å²) < 4.78 is 14.7. The standard InChI is InChI=1S/C17H20FN5O/c1-3-4-14-9-16(23-17(21-14)19-11-20-23)22(2)10-15(24)12-5-7-13(18)8-6-12/h5-9,11,15,24H,3-4,10H2,1-2H3. The van der Waals surface area contributed by atoms with Crippen molar-refractivity contribution in [3.05, 3.63) is 53.7 Å². The molecule has 0 saturated heterocycles.